The maximum absolute atomic E-state index is 13.9. The molecule has 6 aromatic rings. The van der Waals surface area contributed by atoms with Gasteiger partial charge in [0.2, 0.25) is 11.8 Å². The van der Waals surface area contributed by atoms with E-state index in [2.05, 4.69) is 78.1 Å². The third-order valence-electron chi connectivity index (χ3n) is 9.02. The summed E-state index contributed by atoms with van der Waals surface area (Å²) in [6.45, 7) is 0. The molecule has 0 aliphatic carbocycles. The predicted octanol–water partition coefficient (Wildman–Crippen LogP) is 7.73. The molecule has 0 fully saturated rings. The second kappa shape index (κ2) is 16.8. The molecule has 51 heavy (non-hydrogen) atoms. The summed E-state index contributed by atoms with van der Waals surface area (Å²) in [6, 6.07) is 59.5. The molecular formula is C44H41N3O2S2. The molecule has 0 aliphatic rings. The Morgan fingerprint density at radius 2 is 0.725 bits per heavy atom. The maximum atomic E-state index is 13.9. The van der Waals surface area contributed by atoms with Gasteiger partial charge in [0.15, 0.2) is 0 Å². The first kappa shape index (κ1) is 35.7. The Morgan fingerprint density at radius 1 is 0.471 bits per heavy atom. The maximum Gasteiger partial charge on any atom is 0.240 e. The van der Waals surface area contributed by atoms with Gasteiger partial charge in [0.05, 0.1) is 15.5 Å². The van der Waals surface area contributed by atoms with Crippen LogP contribution in [-0.2, 0) is 19.1 Å². The first-order valence-electron chi connectivity index (χ1n) is 16.9. The van der Waals surface area contributed by atoms with Crippen LogP contribution in [0.2, 0.25) is 0 Å². The number of rotatable bonds is 15. The Bertz CT molecular complexity index is 1790. The van der Waals surface area contributed by atoms with E-state index in [9.17, 15) is 9.59 Å². The SMILES string of the molecule is NC(=O)[C@H](CSC(c1ccccc1)(c1ccccc1)c1ccccc1)NC(=O)[C@@H](N)CSC(c1ccccc1)(c1ccccc1)c1ccccc1. The van der Waals surface area contributed by atoms with Gasteiger partial charge in [0.1, 0.15) is 6.04 Å². The molecule has 7 heteroatoms. The molecule has 0 radical (unpaired) electrons. The quantitative estimate of drug-likeness (QED) is 0.0950. The Hall–Kier alpha value is -5.08. The van der Waals surface area contributed by atoms with Gasteiger partial charge < -0.3 is 16.8 Å². The van der Waals surface area contributed by atoms with Crippen molar-refractivity contribution in [2.24, 2.45) is 11.5 Å². The number of carbonyl (C=O) groups is 2. The van der Waals surface area contributed by atoms with Gasteiger partial charge in [-0.25, -0.2) is 0 Å². The van der Waals surface area contributed by atoms with E-state index in [0.717, 1.165) is 33.4 Å². The van der Waals surface area contributed by atoms with Crippen molar-refractivity contribution in [1.29, 1.82) is 0 Å². The molecule has 6 rings (SSSR count). The molecule has 0 saturated carbocycles. The highest BCUT2D eigenvalue weighted by atomic mass is 32.2. The van der Waals surface area contributed by atoms with Gasteiger partial charge in [0, 0.05) is 11.5 Å². The molecule has 0 unspecified atom stereocenters. The van der Waals surface area contributed by atoms with Crippen molar-refractivity contribution in [2.45, 2.75) is 21.6 Å². The van der Waals surface area contributed by atoms with Crippen LogP contribution in [0.15, 0.2) is 182 Å². The lowest BCUT2D eigenvalue weighted by atomic mass is 9.84. The number of benzene rings is 6. The standard InChI is InChI=1S/C44H41N3O2S2/c45-39(31-50-43(33-19-7-1-8-20-33,34-21-9-2-10-22-34)35-23-11-3-12-24-35)42(49)47-40(41(46)48)32-51-44(36-25-13-4-14-26-36,37-27-15-5-16-28-37)38-29-17-6-18-30-38/h1-30,39-40H,31-32,45H2,(H2,46,48)(H,47,49)/t39-,40-/m0/s1. The van der Waals surface area contributed by atoms with Crippen molar-refractivity contribution in [1.82, 2.24) is 5.32 Å². The zero-order valence-electron chi connectivity index (χ0n) is 28.2. The van der Waals surface area contributed by atoms with E-state index in [1.807, 2.05) is 109 Å². The average molecular weight is 708 g/mol. The van der Waals surface area contributed by atoms with Gasteiger partial charge in [-0.15, -0.1) is 23.5 Å². The number of thioether (sulfide) groups is 2. The van der Waals surface area contributed by atoms with Crippen LogP contribution < -0.4 is 16.8 Å². The van der Waals surface area contributed by atoms with Crippen molar-refractivity contribution in [3.05, 3.63) is 215 Å². The third-order valence-corrected chi connectivity index (χ3v) is 12.3. The van der Waals surface area contributed by atoms with Crippen LogP contribution in [0, 0.1) is 0 Å². The van der Waals surface area contributed by atoms with E-state index in [-0.39, 0.29) is 11.5 Å². The minimum absolute atomic E-state index is 0.224. The van der Waals surface area contributed by atoms with E-state index < -0.39 is 33.4 Å². The lowest BCUT2D eigenvalue weighted by Crippen LogP contribution is -2.53. The summed E-state index contributed by atoms with van der Waals surface area (Å²) < 4.78 is -1.32. The van der Waals surface area contributed by atoms with Crippen LogP contribution in [-0.4, -0.2) is 35.4 Å². The number of nitrogens with one attached hydrogen (secondary N) is 1. The topological polar surface area (TPSA) is 98.2 Å². The molecule has 2 amide bonds. The number of hydrogen-bond acceptors (Lipinski definition) is 5. The van der Waals surface area contributed by atoms with Crippen molar-refractivity contribution < 1.29 is 9.59 Å². The highest BCUT2D eigenvalue weighted by molar-refractivity contribution is 8.01. The molecule has 0 aliphatic heterocycles. The molecule has 0 aromatic heterocycles. The average Bonchev–Trinajstić information content (AvgIpc) is 3.20. The molecule has 5 N–H and O–H groups in total. The van der Waals surface area contributed by atoms with E-state index in [0.29, 0.717) is 0 Å². The first-order chi connectivity index (χ1) is 24.9. The normalized spacial score (nSPS) is 12.8. The van der Waals surface area contributed by atoms with E-state index in [1.54, 1.807) is 23.5 Å². The van der Waals surface area contributed by atoms with Crippen LogP contribution in [0.25, 0.3) is 0 Å². The monoisotopic (exact) mass is 707 g/mol. The van der Waals surface area contributed by atoms with Gasteiger partial charge in [-0.3, -0.25) is 9.59 Å². The zero-order chi connectivity index (χ0) is 35.5. The predicted molar refractivity (Wildman–Crippen MR) is 212 cm³/mol. The second-order valence-electron chi connectivity index (χ2n) is 12.3. The summed E-state index contributed by atoms with van der Waals surface area (Å²) in [4.78, 5) is 26.9. The highest BCUT2D eigenvalue weighted by Crippen LogP contribution is 2.50. The van der Waals surface area contributed by atoms with Crippen LogP contribution in [0.5, 0.6) is 0 Å². The number of carbonyl (C=O) groups excluding carboxylic acids is 2. The summed E-state index contributed by atoms with van der Waals surface area (Å²) >= 11 is 3.17. The molecule has 6 aromatic carbocycles. The molecule has 256 valence electrons. The van der Waals surface area contributed by atoms with Gasteiger partial charge in [-0.2, -0.15) is 0 Å². The van der Waals surface area contributed by atoms with Crippen molar-refractivity contribution >= 4 is 35.3 Å². The summed E-state index contributed by atoms with van der Waals surface area (Å²) in [5.41, 5.74) is 19.0. The van der Waals surface area contributed by atoms with Gasteiger partial charge in [-0.1, -0.05) is 182 Å². The molecule has 5 nitrogen and oxygen atoms in total. The van der Waals surface area contributed by atoms with Crippen molar-refractivity contribution in [2.75, 3.05) is 11.5 Å². The fourth-order valence-electron chi connectivity index (χ4n) is 6.51. The van der Waals surface area contributed by atoms with Gasteiger partial charge >= 0.3 is 0 Å². The number of amides is 2. The molecule has 0 saturated heterocycles. The fraction of sp³-hybridized carbons (Fsp3) is 0.136. The van der Waals surface area contributed by atoms with E-state index >= 15 is 0 Å². The lowest BCUT2D eigenvalue weighted by molar-refractivity contribution is -0.127. The van der Waals surface area contributed by atoms with Crippen molar-refractivity contribution in [3.8, 4) is 0 Å². The number of hydrogen-bond donors (Lipinski definition) is 3. The molecule has 0 spiro atoms. The summed E-state index contributed by atoms with van der Waals surface area (Å²) in [6.07, 6.45) is 0. The molecule has 0 heterocycles. The van der Waals surface area contributed by atoms with Crippen LogP contribution in [0.1, 0.15) is 33.4 Å². The Kier molecular flexibility index (Phi) is 11.7. The van der Waals surface area contributed by atoms with E-state index in [4.69, 9.17) is 11.5 Å². The van der Waals surface area contributed by atoms with E-state index in [1.165, 1.54) is 0 Å². The van der Waals surface area contributed by atoms with Crippen LogP contribution in [0.4, 0.5) is 0 Å². The summed E-state index contributed by atoms with van der Waals surface area (Å²) in [7, 11) is 0. The summed E-state index contributed by atoms with van der Waals surface area (Å²) in [5.74, 6) is -0.544. The largest absolute Gasteiger partial charge is 0.368 e. The van der Waals surface area contributed by atoms with Gasteiger partial charge in [0.25, 0.3) is 0 Å². The van der Waals surface area contributed by atoms with Gasteiger partial charge in [-0.05, 0) is 33.4 Å². The Balaban J connectivity index is 1.27. The second-order valence-corrected chi connectivity index (χ2v) is 14.7. The Morgan fingerprint density at radius 3 is 0.980 bits per heavy atom. The van der Waals surface area contributed by atoms with Crippen LogP contribution in [0.3, 0.4) is 0 Å². The first-order valence-corrected chi connectivity index (χ1v) is 18.9. The number of primary amides is 1. The lowest BCUT2D eigenvalue weighted by Gasteiger charge is -2.37. The minimum atomic E-state index is -0.962. The highest BCUT2D eigenvalue weighted by Gasteiger charge is 2.40. The summed E-state index contributed by atoms with van der Waals surface area (Å²) in [5, 5.41) is 2.93. The fourth-order valence-corrected chi connectivity index (χ4v) is 9.57. The molecule has 2 atom stereocenters. The smallest absolute Gasteiger partial charge is 0.240 e. The number of nitrogens with two attached hydrogens (primary N) is 2. The van der Waals surface area contributed by atoms with Crippen molar-refractivity contribution in [3.63, 3.8) is 0 Å². The van der Waals surface area contributed by atoms with Crippen LogP contribution >= 0.6 is 23.5 Å². The molecular weight excluding hydrogens is 667 g/mol. The Labute approximate surface area is 308 Å². The zero-order valence-corrected chi connectivity index (χ0v) is 29.8. The minimum Gasteiger partial charge on any atom is -0.368 e. The molecule has 0 bridgehead atoms. The third kappa shape index (κ3) is 7.81.